The molecule has 0 spiro atoms. The standard InChI is InChI=1S/C32H26Br3N9/c33-12-1-4-15-18(10-38-20(15)7-12)24-27-25(23-17-6-3-14(35)9-22(17)40-28(23)29(24)43-32(37)42-27)30-26(41-31(36)44-30)19-11-39-21-8-13(34)2-5-16(19)21/h1-11,24-27,29-30,38-40H,(H3,36,41,44)(H3,37,42,43)/t24-,25-,26-,27+,29-,30-/m0/s1. The molecule has 9 nitrogen and oxygen atoms in total. The monoisotopic (exact) mass is 773 g/mol. The number of hydrogen-bond donors (Lipinski definition) is 7. The van der Waals surface area contributed by atoms with E-state index in [1.54, 1.807) is 0 Å². The van der Waals surface area contributed by atoms with Crippen molar-refractivity contribution >= 4 is 92.4 Å². The summed E-state index contributed by atoms with van der Waals surface area (Å²) in [5.74, 6) is 0.776. The molecule has 9 N–H and O–H groups in total. The molecule has 2 aliphatic heterocycles. The van der Waals surface area contributed by atoms with Crippen molar-refractivity contribution in [2.75, 3.05) is 0 Å². The Morgan fingerprint density at radius 1 is 0.591 bits per heavy atom. The van der Waals surface area contributed by atoms with E-state index >= 15 is 0 Å². The van der Waals surface area contributed by atoms with Gasteiger partial charge in [-0.3, -0.25) is 0 Å². The van der Waals surface area contributed by atoms with Crippen LogP contribution in [-0.4, -0.2) is 39.0 Å². The van der Waals surface area contributed by atoms with Crippen molar-refractivity contribution in [1.29, 1.82) is 0 Å². The van der Waals surface area contributed by atoms with E-state index < -0.39 is 0 Å². The number of nitrogens with zero attached hydrogens (tertiary/aromatic N) is 2. The van der Waals surface area contributed by atoms with Crippen molar-refractivity contribution in [3.63, 3.8) is 0 Å². The number of halogens is 3. The molecule has 3 aromatic carbocycles. The maximum atomic E-state index is 6.57. The third kappa shape index (κ3) is 3.86. The summed E-state index contributed by atoms with van der Waals surface area (Å²) in [5, 5.41) is 10.7. The first-order valence-electron chi connectivity index (χ1n) is 14.4. The Bertz CT molecular complexity index is 2210. The van der Waals surface area contributed by atoms with E-state index in [4.69, 9.17) is 21.5 Å². The summed E-state index contributed by atoms with van der Waals surface area (Å²) < 4.78 is 3.06. The molecular formula is C32H26Br3N9. The van der Waals surface area contributed by atoms with Gasteiger partial charge in [0.25, 0.3) is 0 Å². The van der Waals surface area contributed by atoms with Gasteiger partial charge in [-0.25, -0.2) is 9.98 Å². The smallest absolute Gasteiger partial charge is 0.189 e. The average molecular weight is 776 g/mol. The summed E-state index contributed by atoms with van der Waals surface area (Å²) in [6, 6.07) is 18.4. The minimum atomic E-state index is -0.235. The molecule has 0 unspecified atom stereocenters. The number of fused-ring (bicyclic) bond motifs is 8. The molecule has 0 amide bonds. The van der Waals surface area contributed by atoms with Crippen molar-refractivity contribution in [1.82, 2.24) is 25.6 Å². The number of aromatic nitrogens is 3. The van der Waals surface area contributed by atoms with Crippen LogP contribution in [0.3, 0.4) is 0 Å². The molecule has 1 aliphatic carbocycles. The van der Waals surface area contributed by atoms with E-state index in [1.807, 2.05) is 0 Å². The number of guanidine groups is 2. The number of nitrogens with one attached hydrogen (secondary N) is 5. The highest BCUT2D eigenvalue weighted by molar-refractivity contribution is 9.11. The molecule has 0 saturated heterocycles. The molecule has 6 aromatic rings. The minimum Gasteiger partial charge on any atom is -0.370 e. The number of aliphatic imine (C=N–C) groups is 2. The Labute approximate surface area is 276 Å². The molecule has 0 fully saturated rings. The van der Waals surface area contributed by atoms with Gasteiger partial charge >= 0.3 is 0 Å². The fourth-order valence-electron chi connectivity index (χ4n) is 7.86. The zero-order valence-corrected chi connectivity index (χ0v) is 27.8. The summed E-state index contributed by atoms with van der Waals surface area (Å²) in [7, 11) is 0. The van der Waals surface area contributed by atoms with Crippen LogP contribution in [0.15, 0.2) is 90.4 Å². The molecule has 3 aromatic heterocycles. The molecule has 6 atom stereocenters. The lowest BCUT2D eigenvalue weighted by molar-refractivity contribution is 0.276. The molecule has 0 saturated carbocycles. The number of aromatic amines is 3. The van der Waals surface area contributed by atoms with Gasteiger partial charge in [0.05, 0.1) is 6.04 Å². The lowest BCUT2D eigenvalue weighted by Gasteiger charge is -2.47. The van der Waals surface area contributed by atoms with Crippen LogP contribution in [-0.2, 0) is 0 Å². The predicted octanol–water partition coefficient (Wildman–Crippen LogP) is 6.65. The van der Waals surface area contributed by atoms with Crippen LogP contribution >= 0.6 is 47.8 Å². The van der Waals surface area contributed by atoms with Crippen LogP contribution in [0.4, 0.5) is 0 Å². The molecule has 3 aliphatic rings. The molecule has 2 bridgehead atoms. The molecule has 5 heterocycles. The van der Waals surface area contributed by atoms with Crippen molar-refractivity contribution in [3.05, 3.63) is 103 Å². The third-order valence-electron chi connectivity index (χ3n) is 9.52. The van der Waals surface area contributed by atoms with Crippen LogP contribution < -0.4 is 22.1 Å². The van der Waals surface area contributed by atoms with Gasteiger partial charge in [0, 0.05) is 87.7 Å². The molecular weight excluding hydrogens is 750 g/mol. The number of benzene rings is 3. The predicted molar refractivity (Wildman–Crippen MR) is 186 cm³/mol. The third-order valence-corrected chi connectivity index (χ3v) is 11.0. The van der Waals surface area contributed by atoms with Crippen molar-refractivity contribution in [2.24, 2.45) is 21.5 Å². The normalized spacial score (nSPS) is 26.0. The van der Waals surface area contributed by atoms with Gasteiger partial charge in [-0.05, 0) is 47.5 Å². The molecule has 220 valence electrons. The van der Waals surface area contributed by atoms with Gasteiger partial charge in [0.15, 0.2) is 11.9 Å². The van der Waals surface area contributed by atoms with Crippen LogP contribution in [0.5, 0.6) is 0 Å². The Kier molecular flexibility index (Phi) is 5.83. The van der Waals surface area contributed by atoms with Crippen molar-refractivity contribution in [3.8, 4) is 0 Å². The average Bonchev–Trinajstić information content (AvgIpc) is 3.76. The number of H-pyrrole nitrogens is 3. The van der Waals surface area contributed by atoms with Gasteiger partial charge < -0.3 is 37.1 Å². The van der Waals surface area contributed by atoms with Gasteiger partial charge in [-0.15, -0.1) is 0 Å². The van der Waals surface area contributed by atoms with Crippen LogP contribution in [0, 0.1) is 0 Å². The molecule has 44 heavy (non-hydrogen) atoms. The Morgan fingerprint density at radius 2 is 1.14 bits per heavy atom. The second-order valence-electron chi connectivity index (χ2n) is 11.8. The minimum absolute atomic E-state index is 0.0190. The maximum Gasteiger partial charge on any atom is 0.189 e. The fourth-order valence-corrected chi connectivity index (χ4v) is 8.94. The zero-order chi connectivity index (χ0) is 29.9. The van der Waals surface area contributed by atoms with Crippen molar-refractivity contribution < 1.29 is 0 Å². The Morgan fingerprint density at radius 3 is 1.82 bits per heavy atom. The number of rotatable bonds is 3. The highest BCUT2D eigenvalue weighted by atomic mass is 79.9. The topological polar surface area (TPSA) is 148 Å². The Hall–Kier alpha value is -3.74. The summed E-state index contributed by atoms with van der Waals surface area (Å²) in [5.41, 5.74) is 20.9. The van der Waals surface area contributed by atoms with E-state index in [0.29, 0.717) is 11.9 Å². The molecule has 0 radical (unpaired) electrons. The van der Waals surface area contributed by atoms with Crippen LogP contribution in [0.2, 0.25) is 0 Å². The summed E-state index contributed by atoms with van der Waals surface area (Å²) >= 11 is 10.9. The summed E-state index contributed by atoms with van der Waals surface area (Å²) in [4.78, 5) is 20.8. The fraction of sp³-hybridized carbons (Fsp3) is 0.188. The largest absolute Gasteiger partial charge is 0.370 e. The number of nitrogens with two attached hydrogens (primary N) is 2. The van der Waals surface area contributed by atoms with E-state index in [-0.39, 0.29) is 36.0 Å². The second-order valence-corrected chi connectivity index (χ2v) is 14.6. The van der Waals surface area contributed by atoms with E-state index in [1.165, 1.54) is 16.5 Å². The second kappa shape index (κ2) is 9.63. The number of hydrogen-bond acceptors (Lipinski definition) is 6. The lowest BCUT2D eigenvalue weighted by atomic mass is 9.65. The first kappa shape index (κ1) is 26.6. The summed E-state index contributed by atoms with van der Waals surface area (Å²) in [6.07, 6.45) is 4.19. The highest BCUT2D eigenvalue weighted by Gasteiger charge is 2.53. The quantitative estimate of drug-likeness (QED) is 0.108. The van der Waals surface area contributed by atoms with Gasteiger partial charge in [0.1, 0.15) is 12.1 Å². The zero-order valence-electron chi connectivity index (χ0n) is 23.0. The van der Waals surface area contributed by atoms with Gasteiger partial charge in [-0.1, -0.05) is 66.0 Å². The van der Waals surface area contributed by atoms with Gasteiger partial charge in [-0.2, -0.15) is 0 Å². The van der Waals surface area contributed by atoms with E-state index in [2.05, 4.69) is 140 Å². The first-order valence-corrected chi connectivity index (χ1v) is 16.8. The van der Waals surface area contributed by atoms with Crippen molar-refractivity contribution in [2.45, 2.75) is 36.0 Å². The SMILES string of the molecule is NC1=N[C@@H]2c3[nH]c4cc(Br)ccc4c3[C@H]([C@@H]3NC(N)=N[C@H]3c3c[nH]c4cc(Br)ccc34)[C@H](N1)[C@@H]2c1c[nH]c2cc(Br)ccc12. The first-order chi connectivity index (χ1) is 21.3. The maximum absolute atomic E-state index is 6.57. The van der Waals surface area contributed by atoms with E-state index in [9.17, 15) is 0 Å². The summed E-state index contributed by atoms with van der Waals surface area (Å²) in [6.45, 7) is 0. The van der Waals surface area contributed by atoms with Crippen LogP contribution in [0.1, 0.15) is 46.3 Å². The van der Waals surface area contributed by atoms with E-state index in [0.717, 1.165) is 52.0 Å². The lowest BCUT2D eigenvalue weighted by Crippen LogP contribution is -2.58. The van der Waals surface area contributed by atoms with Gasteiger partial charge in [0.2, 0.25) is 0 Å². The molecule has 9 rings (SSSR count). The Balaban J connectivity index is 1.29. The molecule has 12 heteroatoms. The van der Waals surface area contributed by atoms with Crippen LogP contribution in [0.25, 0.3) is 32.7 Å². The highest BCUT2D eigenvalue weighted by Crippen LogP contribution is 2.56.